The molecule has 0 radical (unpaired) electrons. The highest BCUT2D eigenvalue weighted by Crippen LogP contribution is 2.27. The Morgan fingerprint density at radius 3 is 2.42 bits per heavy atom. The van der Waals surface area contributed by atoms with Crippen LogP contribution in [-0.4, -0.2) is 18.2 Å². The number of nitrogens with one attached hydrogen (secondary N) is 1. The van der Waals surface area contributed by atoms with E-state index in [9.17, 15) is 4.79 Å². The van der Waals surface area contributed by atoms with Crippen LogP contribution in [0, 0.1) is 6.92 Å². The fraction of sp³-hybridized carbons (Fsp3) is 0.133. The summed E-state index contributed by atoms with van der Waals surface area (Å²) >= 11 is 0. The number of hydrogen-bond acceptors (Lipinski definition) is 3. The number of benzene rings is 2. The smallest absolute Gasteiger partial charge is 0.335 e. The molecule has 4 nitrogen and oxygen atoms in total. The lowest BCUT2D eigenvalue weighted by atomic mass is 10.1. The van der Waals surface area contributed by atoms with Gasteiger partial charge in [0.2, 0.25) is 0 Å². The number of anilines is 2. The zero-order chi connectivity index (χ0) is 13.8. The van der Waals surface area contributed by atoms with Gasteiger partial charge in [-0.25, -0.2) is 4.79 Å². The number of carboxylic acid groups (broad SMARTS) is 1. The van der Waals surface area contributed by atoms with Gasteiger partial charge in [0.1, 0.15) is 5.75 Å². The van der Waals surface area contributed by atoms with Crippen LogP contribution >= 0.6 is 0 Å². The maximum atomic E-state index is 10.8. The van der Waals surface area contributed by atoms with E-state index in [1.807, 2.05) is 25.1 Å². The van der Waals surface area contributed by atoms with Gasteiger partial charge in [-0.3, -0.25) is 0 Å². The largest absolute Gasteiger partial charge is 0.496 e. The Kier molecular flexibility index (Phi) is 3.71. The normalized spacial score (nSPS) is 10.0. The van der Waals surface area contributed by atoms with Gasteiger partial charge in [-0.15, -0.1) is 0 Å². The van der Waals surface area contributed by atoms with Gasteiger partial charge in [0.25, 0.3) is 0 Å². The number of hydrogen-bond donors (Lipinski definition) is 2. The van der Waals surface area contributed by atoms with Gasteiger partial charge in [0, 0.05) is 16.9 Å². The summed E-state index contributed by atoms with van der Waals surface area (Å²) in [6, 6.07) is 12.4. The first-order chi connectivity index (χ1) is 9.11. The highest BCUT2D eigenvalue weighted by atomic mass is 16.5. The molecular formula is C15H15NO3. The molecule has 0 saturated heterocycles. The van der Waals surface area contributed by atoms with E-state index in [4.69, 9.17) is 9.84 Å². The van der Waals surface area contributed by atoms with E-state index in [-0.39, 0.29) is 5.56 Å². The Hall–Kier alpha value is -2.49. The summed E-state index contributed by atoms with van der Waals surface area (Å²) < 4.78 is 5.26. The van der Waals surface area contributed by atoms with E-state index < -0.39 is 5.97 Å². The van der Waals surface area contributed by atoms with E-state index in [1.54, 1.807) is 31.4 Å². The standard InChI is InChI=1S/C15H15NO3/c1-10-13(4-3-5-14(10)19-2)16-12-8-6-11(7-9-12)15(17)18/h3-9,16H,1-2H3,(H,17,18). The monoisotopic (exact) mass is 257 g/mol. The summed E-state index contributed by atoms with van der Waals surface area (Å²) in [6.45, 7) is 1.97. The number of methoxy groups -OCH3 is 1. The molecule has 98 valence electrons. The predicted octanol–water partition coefficient (Wildman–Crippen LogP) is 3.45. The Labute approximate surface area is 111 Å². The molecule has 0 spiro atoms. The molecule has 19 heavy (non-hydrogen) atoms. The predicted molar refractivity (Wildman–Crippen MR) is 74.4 cm³/mol. The number of carbonyl (C=O) groups is 1. The minimum atomic E-state index is -0.927. The zero-order valence-corrected chi connectivity index (χ0v) is 10.8. The molecule has 0 fully saturated rings. The van der Waals surface area contributed by atoms with E-state index in [0.29, 0.717) is 0 Å². The van der Waals surface area contributed by atoms with Crippen LogP contribution in [0.5, 0.6) is 5.75 Å². The van der Waals surface area contributed by atoms with Gasteiger partial charge in [-0.1, -0.05) is 6.07 Å². The first-order valence-electron chi connectivity index (χ1n) is 5.86. The van der Waals surface area contributed by atoms with Crippen LogP contribution in [0.2, 0.25) is 0 Å². The minimum Gasteiger partial charge on any atom is -0.496 e. The summed E-state index contributed by atoms with van der Waals surface area (Å²) in [5.74, 6) is -0.115. The average Bonchev–Trinajstić information content (AvgIpc) is 2.42. The van der Waals surface area contributed by atoms with Gasteiger partial charge in [-0.05, 0) is 43.3 Å². The molecule has 0 aliphatic carbocycles. The van der Waals surface area contributed by atoms with Gasteiger partial charge in [0.05, 0.1) is 12.7 Å². The SMILES string of the molecule is COc1cccc(Nc2ccc(C(=O)O)cc2)c1C. The molecule has 0 aromatic heterocycles. The molecule has 4 heteroatoms. The van der Waals surface area contributed by atoms with E-state index in [0.717, 1.165) is 22.7 Å². The van der Waals surface area contributed by atoms with Gasteiger partial charge >= 0.3 is 5.97 Å². The van der Waals surface area contributed by atoms with Crippen molar-refractivity contribution in [2.75, 3.05) is 12.4 Å². The molecule has 0 aliphatic heterocycles. The molecule has 2 rings (SSSR count). The lowest BCUT2D eigenvalue weighted by Gasteiger charge is -2.12. The van der Waals surface area contributed by atoms with Crippen molar-refractivity contribution in [1.82, 2.24) is 0 Å². The van der Waals surface area contributed by atoms with Gasteiger partial charge in [0.15, 0.2) is 0 Å². The van der Waals surface area contributed by atoms with Crippen molar-refractivity contribution in [3.05, 3.63) is 53.6 Å². The van der Waals surface area contributed by atoms with Crippen LogP contribution in [-0.2, 0) is 0 Å². The molecule has 0 amide bonds. The summed E-state index contributed by atoms with van der Waals surface area (Å²) in [5, 5.41) is 12.1. The van der Waals surface area contributed by atoms with Crippen molar-refractivity contribution < 1.29 is 14.6 Å². The van der Waals surface area contributed by atoms with Crippen LogP contribution < -0.4 is 10.1 Å². The van der Waals surface area contributed by atoms with E-state index in [1.165, 1.54) is 0 Å². The van der Waals surface area contributed by atoms with E-state index >= 15 is 0 Å². The van der Waals surface area contributed by atoms with Crippen LogP contribution in [0.3, 0.4) is 0 Å². The molecule has 0 bridgehead atoms. The Balaban J connectivity index is 2.24. The minimum absolute atomic E-state index is 0.271. The zero-order valence-electron chi connectivity index (χ0n) is 10.8. The van der Waals surface area contributed by atoms with Gasteiger partial charge < -0.3 is 15.2 Å². The maximum Gasteiger partial charge on any atom is 0.335 e. The molecule has 2 aromatic carbocycles. The number of carboxylic acids is 1. The summed E-state index contributed by atoms with van der Waals surface area (Å²) in [7, 11) is 1.63. The average molecular weight is 257 g/mol. The van der Waals surface area contributed by atoms with Crippen molar-refractivity contribution in [2.45, 2.75) is 6.92 Å². The molecule has 0 heterocycles. The molecule has 0 aliphatic rings. The topological polar surface area (TPSA) is 58.6 Å². The van der Waals surface area contributed by atoms with E-state index in [2.05, 4.69) is 5.32 Å². The molecular weight excluding hydrogens is 242 g/mol. The molecule has 0 saturated carbocycles. The molecule has 2 aromatic rings. The Bertz CT molecular complexity index is 591. The van der Waals surface area contributed by atoms with Crippen molar-refractivity contribution in [3.8, 4) is 5.75 Å². The quantitative estimate of drug-likeness (QED) is 0.880. The number of ether oxygens (including phenoxy) is 1. The fourth-order valence-electron chi connectivity index (χ4n) is 1.82. The second-order valence-corrected chi connectivity index (χ2v) is 4.14. The Morgan fingerprint density at radius 1 is 1.16 bits per heavy atom. The summed E-state index contributed by atoms with van der Waals surface area (Å²) in [6.07, 6.45) is 0. The van der Waals surface area contributed by atoms with Gasteiger partial charge in [-0.2, -0.15) is 0 Å². The third-order valence-corrected chi connectivity index (χ3v) is 2.91. The molecule has 0 atom stereocenters. The maximum absolute atomic E-state index is 10.8. The highest BCUT2D eigenvalue weighted by molar-refractivity contribution is 5.88. The second kappa shape index (κ2) is 5.44. The number of rotatable bonds is 4. The molecule has 2 N–H and O–H groups in total. The molecule has 0 unspecified atom stereocenters. The van der Waals surface area contributed by atoms with Crippen LogP contribution in [0.15, 0.2) is 42.5 Å². The Morgan fingerprint density at radius 2 is 1.84 bits per heavy atom. The second-order valence-electron chi connectivity index (χ2n) is 4.14. The van der Waals surface area contributed by atoms with Crippen molar-refractivity contribution in [1.29, 1.82) is 0 Å². The fourth-order valence-corrected chi connectivity index (χ4v) is 1.82. The summed E-state index contributed by atoms with van der Waals surface area (Å²) in [4.78, 5) is 10.8. The number of aromatic carboxylic acids is 1. The third kappa shape index (κ3) is 2.85. The first kappa shape index (κ1) is 13.0. The van der Waals surface area contributed by atoms with Crippen LogP contribution in [0.1, 0.15) is 15.9 Å². The first-order valence-corrected chi connectivity index (χ1v) is 5.86. The van der Waals surface area contributed by atoms with Crippen molar-refractivity contribution >= 4 is 17.3 Å². The van der Waals surface area contributed by atoms with Crippen LogP contribution in [0.4, 0.5) is 11.4 Å². The van der Waals surface area contributed by atoms with Crippen molar-refractivity contribution in [2.24, 2.45) is 0 Å². The van der Waals surface area contributed by atoms with Crippen molar-refractivity contribution in [3.63, 3.8) is 0 Å². The third-order valence-electron chi connectivity index (χ3n) is 2.91. The van der Waals surface area contributed by atoms with Crippen LogP contribution in [0.25, 0.3) is 0 Å². The lowest BCUT2D eigenvalue weighted by molar-refractivity contribution is 0.0697. The highest BCUT2D eigenvalue weighted by Gasteiger charge is 2.05. The summed E-state index contributed by atoms with van der Waals surface area (Å²) in [5.41, 5.74) is 3.05. The lowest BCUT2D eigenvalue weighted by Crippen LogP contribution is -1.98.